The molecule has 6 nitrogen and oxygen atoms in total. The van der Waals surface area contributed by atoms with Gasteiger partial charge < -0.3 is 11.1 Å². The molecule has 1 aromatic rings. The third-order valence-corrected chi connectivity index (χ3v) is 3.11. The van der Waals surface area contributed by atoms with Gasteiger partial charge in [0, 0.05) is 12.1 Å². The van der Waals surface area contributed by atoms with E-state index in [1.807, 2.05) is 13.8 Å². The van der Waals surface area contributed by atoms with E-state index in [1.165, 1.54) is 4.57 Å². The van der Waals surface area contributed by atoms with Gasteiger partial charge in [0.1, 0.15) is 11.5 Å². The van der Waals surface area contributed by atoms with Crippen molar-refractivity contribution in [1.82, 2.24) is 9.55 Å². The predicted octanol–water partition coefficient (Wildman–Crippen LogP) is 0.493. The average molecular weight is 238 g/mol. The summed E-state index contributed by atoms with van der Waals surface area (Å²) >= 11 is 0. The molecule has 6 heteroatoms. The van der Waals surface area contributed by atoms with Crippen molar-refractivity contribution in [3.8, 4) is 0 Å². The Morgan fingerprint density at radius 2 is 2.12 bits per heavy atom. The van der Waals surface area contributed by atoms with E-state index in [9.17, 15) is 9.59 Å². The number of rotatable bonds is 4. The Labute approximate surface area is 98.8 Å². The number of aromatic nitrogens is 2. The lowest BCUT2D eigenvalue weighted by atomic mass is 10.3. The molecule has 1 heterocycles. The van der Waals surface area contributed by atoms with Crippen LogP contribution in [-0.4, -0.2) is 15.1 Å². The molecule has 2 rings (SSSR count). The molecule has 0 bridgehead atoms. The number of nitrogen functional groups attached to an aromatic ring is 1. The number of nitrogens with zero attached hydrogens (tertiary/aromatic N) is 1. The van der Waals surface area contributed by atoms with Gasteiger partial charge in [0.2, 0.25) is 0 Å². The maximum atomic E-state index is 11.7. The van der Waals surface area contributed by atoms with Crippen molar-refractivity contribution < 1.29 is 0 Å². The lowest BCUT2D eigenvalue weighted by molar-refractivity contribution is 0.640. The molecule has 4 N–H and O–H groups in total. The van der Waals surface area contributed by atoms with E-state index in [-0.39, 0.29) is 11.4 Å². The minimum Gasteiger partial charge on any atom is -0.383 e. The van der Waals surface area contributed by atoms with E-state index in [1.54, 1.807) is 0 Å². The van der Waals surface area contributed by atoms with Gasteiger partial charge in [-0.15, -0.1) is 0 Å². The monoisotopic (exact) mass is 238 g/mol. The van der Waals surface area contributed by atoms with Crippen molar-refractivity contribution >= 4 is 11.5 Å². The molecule has 1 saturated carbocycles. The van der Waals surface area contributed by atoms with Gasteiger partial charge in [-0.05, 0) is 26.2 Å². The minimum absolute atomic E-state index is 0.0461. The van der Waals surface area contributed by atoms with E-state index in [4.69, 9.17) is 5.73 Å². The van der Waals surface area contributed by atoms with Gasteiger partial charge in [-0.1, -0.05) is 6.92 Å². The van der Waals surface area contributed by atoms with Crippen molar-refractivity contribution in [2.75, 3.05) is 11.1 Å². The molecule has 0 unspecified atom stereocenters. The first kappa shape index (κ1) is 11.8. The number of H-pyrrole nitrogens is 1. The van der Waals surface area contributed by atoms with Crippen LogP contribution < -0.4 is 22.3 Å². The zero-order valence-electron chi connectivity index (χ0n) is 10.2. The molecule has 1 aliphatic carbocycles. The van der Waals surface area contributed by atoms with E-state index in [0.29, 0.717) is 12.2 Å². The molecule has 0 spiro atoms. The summed E-state index contributed by atoms with van der Waals surface area (Å²) in [6, 6.07) is 0. The first-order valence-electron chi connectivity index (χ1n) is 5.87. The fraction of sp³-hybridized carbons (Fsp3) is 0.636. The van der Waals surface area contributed by atoms with Crippen molar-refractivity contribution in [2.24, 2.45) is 0 Å². The maximum Gasteiger partial charge on any atom is 0.330 e. The Hall–Kier alpha value is -1.72. The topological polar surface area (TPSA) is 92.9 Å². The van der Waals surface area contributed by atoms with E-state index < -0.39 is 11.2 Å². The van der Waals surface area contributed by atoms with Gasteiger partial charge in [0.05, 0.1) is 0 Å². The summed E-state index contributed by atoms with van der Waals surface area (Å²) in [5, 5.41) is 3.13. The quantitative estimate of drug-likeness (QED) is 0.711. The summed E-state index contributed by atoms with van der Waals surface area (Å²) < 4.78 is 1.40. The summed E-state index contributed by atoms with van der Waals surface area (Å²) in [6.45, 7) is 4.49. The second-order valence-electron chi connectivity index (χ2n) is 4.86. The standard InChI is InChI=1S/C11H18N4O2/c1-3-6-15-8(12)7(9(16)13-10(15)17)14-11(2)4-5-11/h14H,3-6,12H2,1-2H3,(H,13,16,17). The normalized spacial score (nSPS) is 16.8. The third-order valence-electron chi connectivity index (χ3n) is 3.11. The number of nitrogens with two attached hydrogens (primary N) is 1. The molecular formula is C11H18N4O2. The maximum absolute atomic E-state index is 11.7. The van der Waals surface area contributed by atoms with Crippen LogP contribution in [0, 0.1) is 0 Å². The Balaban J connectivity index is 2.47. The molecule has 0 aliphatic heterocycles. The number of aromatic amines is 1. The van der Waals surface area contributed by atoms with Crippen LogP contribution in [0.2, 0.25) is 0 Å². The van der Waals surface area contributed by atoms with Crippen LogP contribution in [0.1, 0.15) is 33.1 Å². The molecule has 1 aliphatic rings. The lowest BCUT2D eigenvalue weighted by Gasteiger charge is -2.16. The van der Waals surface area contributed by atoms with E-state index in [0.717, 1.165) is 19.3 Å². The van der Waals surface area contributed by atoms with Crippen LogP contribution in [0.4, 0.5) is 11.5 Å². The zero-order chi connectivity index (χ0) is 12.6. The Morgan fingerprint density at radius 1 is 1.47 bits per heavy atom. The number of hydrogen-bond acceptors (Lipinski definition) is 4. The van der Waals surface area contributed by atoms with Crippen LogP contribution in [0.3, 0.4) is 0 Å². The largest absolute Gasteiger partial charge is 0.383 e. The summed E-state index contributed by atoms with van der Waals surface area (Å²) in [5.41, 5.74) is 5.28. The van der Waals surface area contributed by atoms with Crippen LogP contribution in [0.25, 0.3) is 0 Å². The van der Waals surface area contributed by atoms with E-state index in [2.05, 4.69) is 10.3 Å². The fourth-order valence-electron chi connectivity index (χ4n) is 1.77. The lowest BCUT2D eigenvalue weighted by Crippen LogP contribution is -2.35. The summed E-state index contributed by atoms with van der Waals surface area (Å²) in [6.07, 6.45) is 2.81. The molecule has 17 heavy (non-hydrogen) atoms. The molecular weight excluding hydrogens is 220 g/mol. The van der Waals surface area contributed by atoms with Crippen LogP contribution in [-0.2, 0) is 6.54 Å². The number of nitrogens with one attached hydrogen (secondary N) is 2. The highest BCUT2D eigenvalue weighted by atomic mass is 16.2. The highest BCUT2D eigenvalue weighted by Crippen LogP contribution is 2.38. The van der Waals surface area contributed by atoms with Gasteiger partial charge in [0.25, 0.3) is 5.56 Å². The first-order chi connectivity index (χ1) is 7.97. The molecule has 0 saturated heterocycles. The van der Waals surface area contributed by atoms with Gasteiger partial charge in [-0.2, -0.15) is 0 Å². The Bertz CT molecular complexity index is 539. The Kier molecular flexibility index (Phi) is 2.73. The SMILES string of the molecule is CCCn1c(N)c(NC2(C)CC2)c(=O)[nH]c1=O. The number of hydrogen-bond donors (Lipinski definition) is 3. The Morgan fingerprint density at radius 3 is 2.65 bits per heavy atom. The molecule has 1 aromatic heterocycles. The van der Waals surface area contributed by atoms with Gasteiger partial charge in [-0.25, -0.2) is 4.79 Å². The average Bonchev–Trinajstić information content (AvgIpc) is 2.98. The zero-order valence-corrected chi connectivity index (χ0v) is 10.2. The van der Waals surface area contributed by atoms with Crippen LogP contribution in [0.15, 0.2) is 9.59 Å². The van der Waals surface area contributed by atoms with Crippen molar-refractivity contribution in [3.05, 3.63) is 20.8 Å². The fourth-order valence-corrected chi connectivity index (χ4v) is 1.77. The highest BCUT2D eigenvalue weighted by Gasteiger charge is 2.38. The first-order valence-corrected chi connectivity index (χ1v) is 5.87. The smallest absolute Gasteiger partial charge is 0.330 e. The second-order valence-corrected chi connectivity index (χ2v) is 4.86. The molecule has 0 atom stereocenters. The number of anilines is 2. The second kappa shape index (κ2) is 3.94. The van der Waals surface area contributed by atoms with Crippen molar-refractivity contribution in [2.45, 2.75) is 45.2 Å². The van der Waals surface area contributed by atoms with Crippen LogP contribution in [0.5, 0.6) is 0 Å². The van der Waals surface area contributed by atoms with Crippen molar-refractivity contribution in [1.29, 1.82) is 0 Å². The molecule has 0 aromatic carbocycles. The minimum atomic E-state index is -0.444. The molecule has 94 valence electrons. The molecule has 0 amide bonds. The van der Waals surface area contributed by atoms with E-state index >= 15 is 0 Å². The third kappa shape index (κ3) is 2.20. The summed E-state index contributed by atoms with van der Waals surface area (Å²) in [5.74, 6) is 0.230. The molecule has 1 fully saturated rings. The van der Waals surface area contributed by atoms with Crippen LogP contribution >= 0.6 is 0 Å². The molecule has 0 radical (unpaired) electrons. The summed E-state index contributed by atoms with van der Waals surface area (Å²) in [7, 11) is 0. The predicted molar refractivity (Wildman–Crippen MR) is 67.3 cm³/mol. The van der Waals surface area contributed by atoms with Crippen molar-refractivity contribution in [3.63, 3.8) is 0 Å². The van der Waals surface area contributed by atoms with Gasteiger partial charge in [0.15, 0.2) is 0 Å². The summed E-state index contributed by atoms with van der Waals surface area (Å²) in [4.78, 5) is 25.6. The van der Waals surface area contributed by atoms with Gasteiger partial charge in [-0.3, -0.25) is 14.3 Å². The highest BCUT2D eigenvalue weighted by molar-refractivity contribution is 5.62. The van der Waals surface area contributed by atoms with Gasteiger partial charge >= 0.3 is 5.69 Å².